The number of benzene rings is 1. The van der Waals surface area contributed by atoms with Crippen LogP contribution in [0, 0.1) is 18.3 Å². The molecule has 0 spiro atoms. The van der Waals surface area contributed by atoms with Gasteiger partial charge < -0.3 is 10.2 Å². The molecule has 0 saturated carbocycles. The van der Waals surface area contributed by atoms with Gasteiger partial charge in [0.1, 0.15) is 0 Å². The van der Waals surface area contributed by atoms with Crippen LogP contribution in [0.15, 0.2) is 18.2 Å². The standard InChI is InChI=1S/C14H13ClN2O2/c1-3-10-6-14(19)17(8-10)13-7-11(16-9(2)18)4-5-12(13)15/h1,4-5,7,10H,6,8H2,2H3,(H,16,18). The predicted molar refractivity (Wildman–Crippen MR) is 75.0 cm³/mol. The lowest BCUT2D eigenvalue weighted by Crippen LogP contribution is -2.24. The van der Waals surface area contributed by atoms with Crippen molar-refractivity contribution in [1.29, 1.82) is 0 Å². The Morgan fingerprint density at radius 1 is 1.58 bits per heavy atom. The van der Waals surface area contributed by atoms with Crippen molar-refractivity contribution in [1.82, 2.24) is 0 Å². The van der Waals surface area contributed by atoms with Crippen LogP contribution in [0.3, 0.4) is 0 Å². The van der Waals surface area contributed by atoms with E-state index in [1.54, 1.807) is 23.1 Å². The van der Waals surface area contributed by atoms with Crippen molar-refractivity contribution in [3.8, 4) is 12.3 Å². The average Bonchev–Trinajstić information content (AvgIpc) is 2.72. The molecule has 1 N–H and O–H groups in total. The summed E-state index contributed by atoms with van der Waals surface area (Å²) in [6.45, 7) is 1.88. The highest BCUT2D eigenvalue weighted by atomic mass is 35.5. The Balaban J connectivity index is 2.31. The second-order valence-corrected chi connectivity index (χ2v) is 4.83. The van der Waals surface area contributed by atoms with Gasteiger partial charge in [0.05, 0.1) is 10.7 Å². The van der Waals surface area contributed by atoms with E-state index < -0.39 is 0 Å². The zero-order chi connectivity index (χ0) is 14.0. The zero-order valence-electron chi connectivity index (χ0n) is 10.4. The van der Waals surface area contributed by atoms with Crippen LogP contribution in [0.4, 0.5) is 11.4 Å². The molecular weight excluding hydrogens is 264 g/mol. The summed E-state index contributed by atoms with van der Waals surface area (Å²) in [5, 5.41) is 3.12. The third kappa shape index (κ3) is 2.88. The number of terminal acetylenes is 1. The fourth-order valence-electron chi connectivity index (χ4n) is 2.05. The molecule has 1 saturated heterocycles. The molecule has 4 nitrogen and oxygen atoms in total. The van der Waals surface area contributed by atoms with Crippen molar-refractivity contribution in [2.45, 2.75) is 13.3 Å². The van der Waals surface area contributed by atoms with Gasteiger partial charge in [-0.05, 0) is 18.2 Å². The molecule has 1 heterocycles. The van der Waals surface area contributed by atoms with Crippen LogP contribution in [0.5, 0.6) is 0 Å². The Morgan fingerprint density at radius 3 is 2.89 bits per heavy atom. The first-order chi connectivity index (χ1) is 9.01. The largest absolute Gasteiger partial charge is 0.326 e. The molecule has 1 fully saturated rings. The Morgan fingerprint density at radius 2 is 2.32 bits per heavy atom. The lowest BCUT2D eigenvalue weighted by atomic mass is 10.1. The van der Waals surface area contributed by atoms with Crippen molar-refractivity contribution >= 4 is 34.8 Å². The number of nitrogens with one attached hydrogen (secondary N) is 1. The Bertz CT molecular complexity index is 577. The number of hydrogen-bond donors (Lipinski definition) is 1. The molecule has 1 aliphatic rings. The molecule has 2 rings (SSSR count). The van der Waals surface area contributed by atoms with E-state index in [9.17, 15) is 9.59 Å². The number of carbonyl (C=O) groups excluding carboxylic acids is 2. The molecule has 5 heteroatoms. The van der Waals surface area contributed by atoms with Gasteiger partial charge >= 0.3 is 0 Å². The van der Waals surface area contributed by atoms with Gasteiger partial charge in [0.15, 0.2) is 0 Å². The lowest BCUT2D eigenvalue weighted by Gasteiger charge is -2.18. The first-order valence-corrected chi connectivity index (χ1v) is 6.22. The van der Waals surface area contributed by atoms with E-state index in [4.69, 9.17) is 18.0 Å². The van der Waals surface area contributed by atoms with E-state index in [0.717, 1.165) is 0 Å². The van der Waals surface area contributed by atoms with Crippen molar-refractivity contribution in [3.63, 3.8) is 0 Å². The summed E-state index contributed by atoms with van der Waals surface area (Å²) in [7, 11) is 0. The summed E-state index contributed by atoms with van der Waals surface area (Å²) < 4.78 is 0. The number of halogens is 1. The first kappa shape index (κ1) is 13.4. The molecule has 1 aromatic carbocycles. The van der Waals surface area contributed by atoms with Gasteiger partial charge in [0.2, 0.25) is 11.8 Å². The molecule has 2 amide bonds. The van der Waals surface area contributed by atoms with E-state index in [1.807, 2.05) is 0 Å². The van der Waals surface area contributed by atoms with Crippen molar-refractivity contribution in [2.75, 3.05) is 16.8 Å². The quantitative estimate of drug-likeness (QED) is 0.843. The maximum Gasteiger partial charge on any atom is 0.228 e. The van der Waals surface area contributed by atoms with Gasteiger partial charge in [-0.15, -0.1) is 12.3 Å². The number of hydrogen-bond acceptors (Lipinski definition) is 2. The molecule has 1 atom stereocenters. The van der Waals surface area contributed by atoms with Crippen LogP contribution in [-0.4, -0.2) is 18.4 Å². The van der Waals surface area contributed by atoms with Crippen LogP contribution in [-0.2, 0) is 9.59 Å². The Labute approximate surface area is 116 Å². The molecule has 0 aliphatic carbocycles. The maximum absolute atomic E-state index is 11.9. The van der Waals surface area contributed by atoms with Crippen LogP contribution in [0.1, 0.15) is 13.3 Å². The first-order valence-electron chi connectivity index (χ1n) is 5.85. The highest BCUT2D eigenvalue weighted by molar-refractivity contribution is 6.34. The number of rotatable bonds is 2. The third-order valence-electron chi connectivity index (χ3n) is 2.92. The monoisotopic (exact) mass is 276 g/mol. The lowest BCUT2D eigenvalue weighted by molar-refractivity contribution is -0.117. The number of nitrogens with zero attached hydrogens (tertiary/aromatic N) is 1. The number of amides is 2. The average molecular weight is 277 g/mol. The second kappa shape index (κ2) is 5.33. The minimum absolute atomic E-state index is 0.0511. The van der Waals surface area contributed by atoms with Crippen molar-refractivity contribution in [2.24, 2.45) is 5.92 Å². The van der Waals surface area contributed by atoms with E-state index in [0.29, 0.717) is 29.4 Å². The van der Waals surface area contributed by atoms with Gasteiger partial charge in [0.25, 0.3) is 0 Å². The predicted octanol–water partition coefficient (Wildman–Crippen LogP) is 2.28. The van der Waals surface area contributed by atoms with Gasteiger partial charge in [-0.1, -0.05) is 11.6 Å². The Hall–Kier alpha value is -1.99. The topological polar surface area (TPSA) is 49.4 Å². The van der Waals surface area contributed by atoms with E-state index in [2.05, 4.69) is 11.2 Å². The number of anilines is 2. The fraction of sp³-hybridized carbons (Fsp3) is 0.286. The van der Waals surface area contributed by atoms with Crippen LogP contribution in [0.2, 0.25) is 5.02 Å². The number of carbonyl (C=O) groups is 2. The molecule has 0 aromatic heterocycles. The maximum atomic E-state index is 11.9. The molecule has 1 aliphatic heterocycles. The molecule has 0 radical (unpaired) electrons. The van der Waals surface area contributed by atoms with Crippen LogP contribution in [0.25, 0.3) is 0 Å². The van der Waals surface area contributed by atoms with Gasteiger partial charge in [-0.25, -0.2) is 0 Å². The van der Waals surface area contributed by atoms with E-state index in [-0.39, 0.29) is 17.7 Å². The summed E-state index contributed by atoms with van der Waals surface area (Å²) in [6.07, 6.45) is 5.68. The highest BCUT2D eigenvalue weighted by Gasteiger charge is 2.30. The van der Waals surface area contributed by atoms with Gasteiger partial charge in [-0.2, -0.15) is 0 Å². The summed E-state index contributed by atoms with van der Waals surface area (Å²) in [4.78, 5) is 24.5. The second-order valence-electron chi connectivity index (χ2n) is 4.42. The summed E-state index contributed by atoms with van der Waals surface area (Å²) >= 11 is 6.11. The fourth-order valence-corrected chi connectivity index (χ4v) is 2.27. The normalized spacial score (nSPS) is 18.3. The van der Waals surface area contributed by atoms with E-state index in [1.165, 1.54) is 6.92 Å². The zero-order valence-corrected chi connectivity index (χ0v) is 11.2. The van der Waals surface area contributed by atoms with Gasteiger partial charge in [-0.3, -0.25) is 9.59 Å². The molecular formula is C14H13ClN2O2. The van der Waals surface area contributed by atoms with Crippen LogP contribution >= 0.6 is 11.6 Å². The van der Waals surface area contributed by atoms with Crippen molar-refractivity contribution < 1.29 is 9.59 Å². The smallest absolute Gasteiger partial charge is 0.228 e. The van der Waals surface area contributed by atoms with Crippen LogP contribution < -0.4 is 10.2 Å². The Kier molecular flexibility index (Phi) is 3.77. The molecule has 1 unspecified atom stereocenters. The molecule has 19 heavy (non-hydrogen) atoms. The highest BCUT2D eigenvalue weighted by Crippen LogP contribution is 2.33. The molecule has 0 bridgehead atoms. The van der Waals surface area contributed by atoms with Crippen molar-refractivity contribution in [3.05, 3.63) is 23.2 Å². The molecule has 98 valence electrons. The SMILES string of the molecule is C#CC1CC(=O)N(c2cc(NC(C)=O)ccc2Cl)C1. The summed E-state index contributed by atoms with van der Waals surface area (Å²) in [5.41, 5.74) is 1.18. The third-order valence-corrected chi connectivity index (χ3v) is 3.24. The van der Waals surface area contributed by atoms with Gasteiger partial charge in [0, 0.05) is 31.5 Å². The minimum Gasteiger partial charge on any atom is -0.326 e. The summed E-state index contributed by atoms with van der Waals surface area (Å²) in [5.74, 6) is 2.27. The molecule has 1 aromatic rings. The van der Waals surface area contributed by atoms with E-state index >= 15 is 0 Å². The summed E-state index contributed by atoms with van der Waals surface area (Å²) in [6, 6.07) is 5.02. The minimum atomic E-state index is -0.178.